The minimum Gasteiger partial charge on any atom is -0.367 e. The van der Waals surface area contributed by atoms with Gasteiger partial charge in [0, 0.05) is 11.1 Å². The average molecular weight is 234 g/mol. The third kappa shape index (κ3) is 2.16. The van der Waals surface area contributed by atoms with Crippen LogP contribution in [0.15, 0.2) is 22.7 Å². The Labute approximate surface area is 99.4 Å². The van der Waals surface area contributed by atoms with Gasteiger partial charge in [-0.25, -0.2) is 4.39 Å². The molecule has 0 fully saturated rings. The van der Waals surface area contributed by atoms with Crippen LogP contribution in [-0.4, -0.2) is 5.16 Å². The lowest BCUT2D eigenvalue weighted by Crippen LogP contribution is -1.95. The van der Waals surface area contributed by atoms with Gasteiger partial charge in [-0.05, 0) is 36.6 Å². The van der Waals surface area contributed by atoms with Crippen LogP contribution in [0.1, 0.15) is 30.9 Å². The minimum atomic E-state index is -0.281. The van der Waals surface area contributed by atoms with Gasteiger partial charge in [0.2, 0.25) is 5.88 Å². The average Bonchev–Trinajstić information content (AvgIpc) is 2.58. The molecule has 0 saturated heterocycles. The lowest BCUT2D eigenvalue weighted by atomic mass is 9.98. The molecule has 0 atom stereocenters. The molecule has 17 heavy (non-hydrogen) atoms. The van der Waals surface area contributed by atoms with E-state index >= 15 is 0 Å². The maximum atomic E-state index is 13.4. The number of nitrogens with two attached hydrogens (primary N) is 1. The zero-order valence-corrected chi connectivity index (χ0v) is 10.1. The van der Waals surface area contributed by atoms with Crippen LogP contribution < -0.4 is 5.73 Å². The van der Waals surface area contributed by atoms with Gasteiger partial charge >= 0.3 is 0 Å². The normalized spacial score (nSPS) is 11.1. The molecule has 0 unspecified atom stereocenters. The van der Waals surface area contributed by atoms with Gasteiger partial charge in [-0.1, -0.05) is 19.0 Å². The van der Waals surface area contributed by atoms with Crippen molar-refractivity contribution in [2.24, 2.45) is 0 Å². The molecule has 0 saturated carbocycles. The summed E-state index contributed by atoms with van der Waals surface area (Å²) in [6.45, 7) is 5.84. The van der Waals surface area contributed by atoms with Gasteiger partial charge in [0.1, 0.15) is 11.5 Å². The van der Waals surface area contributed by atoms with Gasteiger partial charge in [0.15, 0.2) is 0 Å². The van der Waals surface area contributed by atoms with Crippen LogP contribution in [-0.2, 0) is 0 Å². The first-order valence-electron chi connectivity index (χ1n) is 5.51. The number of nitrogen functional groups attached to an aromatic ring is 1. The summed E-state index contributed by atoms with van der Waals surface area (Å²) in [6.07, 6.45) is 0. The predicted molar refractivity (Wildman–Crippen MR) is 65.1 cm³/mol. The summed E-state index contributed by atoms with van der Waals surface area (Å²) >= 11 is 0. The molecule has 4 heteroatoms. The van der Waals surface area contributed by atoms with E-state index in [0.717, 1.165) is 11.1 Å². The Balaban J connectivity index is 2.60. The van der Waals surface area contributed by atoms with Crippen LogP contribution in [0.4, 0.5) is 10.3 Å². The van der Waals surface area contributed by atoms with Crippen LogP contribution in [0.3, 0.4) is 0 Å². The van der Waals surface area contributed by atoms with Crippen molar-refractivity contribution >= 4 is 5.88 Å². The first kappa shape index (κ1) is 11.6. The fourth-order valence-corrected chi connectivity index (χ4v) is 1.95. The van der Waals surface area contributed by atoms with Crippen LogP contribution in [0.5, 0.6) is 0 Å². The largest absolute Gasteiger partial charge is 0.367 e. The van der Waals surface area contributed by atoms with Gasteiger partial charge in [0.05, 0.1) is 0 Å². The molecule has 2 rings (SSSR count). The van der Waals surface area contributed by atoms with E-state index in [0.29, 0.717) is 17.1 Å². The molecule has 0 spiro atoms. The van der Waals surface area contributed by atoms with Crippen LogP contribution in [0.25, 0.3) is 11.3 Å². The van der Waals surface area contributed by atoms with Gasteiger partial charge in [-0.15, -0.1) is 0 Å². The second-order valence-electron chi connectivity index (χ2n) is 4.48. The fraction of sp³-hybridized carbons (Fsp3) is 0.308. The van der Waals surface area contributed by atoms with E-state index in [-0.39, 0.29) is 11.7 Å². The Morgan fingerprint density at radius 3 is 2.59 bits per heavy atom. The minimum absolute atomic E-state index is 0.180. The Kier molecular flexibility index (Phi) is 2.88. The van der Waals surface area contributed by atoms with E-state index in [1.807, 2.05) is 26.8 Å². The number of hydrogen-bond acceptors (Lipinski definition) is 3. The highest BCUT2D eigenvalue weighted by Gasteiger charge is 2.18. The molecule has 0 aliphatic carbocycles. The highest BCUT2D eigenvalue weighted by molar-refractivity contribution is 5.68. The van der Waals surface area contributed by atoms with Crippen molar-refractivity contribution in [1.29, 1.82) is 0 Å². The summed E-state index contributed by atoms with van der Waals surface area (Å²) in [6, 6.07) is 4.78. The zero-order valence-electron chi connectivity index (χ0n) is 10.1. The molecule has 1 aromatic heterocycles. The first-order valence-corrected chi connectivity index (χ1v) is 5.51. The van der Waals surface area contributed by atoms with Crippen molar-refractivity contribution in [2.45, 2.75) is 26.7 Å². The Hall–Kier alpha value is -1.84. The van der Waals surface area contributed by atoms with E-state index in [4.69, 9.17) is 10.3 Å². The predicted octanol–water partition coefficient (Wildman–Crippen LogP) is 3.49. The van der Waals surface area contributed by atoms with E-state index in [9.17, 15) is 4.39 Å². The quantitative estimate of drug-likeness (QED) is 0.865. The molecule has 1 heterocycles. The molecule has 0 aliphatic heterocycles. The van der Waals surface area contributed by atoms with Crippen molar-refractivity contribution in [3.8, 4) is 11.3 Å². The molecular formula is C13H15FN2O. The summed E-state index contributed by atoms with van der Waals surface area (Å²) in [4.78, 5) is 0. The number of aromatic nitrogens is 1. The number of anilines is 1. The van der Waals surface area contributed by atoms with Gasteiger partial charge in [-0.2, -0.15) is 0 Å². The van der Waals surface area contributed by atoms with Crippen molar-refractivity contribution < 1.29 is 8.91 Å². The molecule has 3 nitrogen and oxygen atoms in total. The molecule has 2 aromatic rings. The summed E-state index contributed by atoms with van der Waals surface area (Å²) in [7, 11) is 0. The molecule has 2 N–H and O–H groups in total. The van der Waals surface area contributed by atoms with Crippen molar-refractivity contribution in [2.75, 3.05) is 5.73 Å². The molecule has 90 valence electrons. The zero-order chi connectivity index (χ0) is 12.6. The third-order valence-corrected chi connectivity index (χ3v) is 2.65. The lowest BCUT2D eigenvalue weighted by molar-refractivity contribution is 0.438. The molecule has 0 amide bonds. The fourth-order valence-electron chi connectivity index (χ4n) is 1.95. The highest BCUT2D eigenvalue weighted by Crippen LogP contribution is 2.33. The molecule has 0 bridgehead atoms. The van der Waals surface area contributed by atoms with Crippen molar-refractivity contribution in [1.82, 2.24) is 5.16 Å². The van der Waals surface area contributed by atoms with Crippen LogP contribution in [0.2, 0.25) is 0 Å². The number of aryl methyl sites for hydroxylation is 1. The maximum Gasteiger partial charge on any atom is 0.226 e. The first-order chi connectivity index (χ1) is 7.99. The second-order valence-corrected chi connectivity index (χ2v) is 4.48. The van der Waals surface area contributed by atoms with Crippen molar-refractivity contribution in [3.63, 3.8) is 0 Å². The van der Waals surface area contributed by atoms with Gasteiger partial charge in [-0.3, -0.25) is 0 Å². The van der Waals surface area contributed by atoms with E-state index in [1.165, 1.54) is 12.1 Å². The Morgan fingerprint density at radius 2 is 2.00 bits per heavy atom. The summed E-state index contributed by atoms with van der Waals surface area (Å²) < 4.78 is 18.4. The topological polar surface area (TPSA) is 52.0 Å². The van der Waals surface area contributed by atoms with Crippen LogP contribution in [0, 0.1) is 12.7 Å². The summed E-state index contributed by atoms with van der Waals surface area (Å²) in [5, 5.41) is 3.92. The molecular weight excluding hydrogens is 219 g/mol. The molecule has 0 aliphatic rings. The highest BCUT2D eigenvalue weighted by atomic mass is 19.1. The second kappa shape index (κ2) is 4.20. The number of rotatable bonds is 2. The number of halogens is 1. The van der Waals surface area contributed by atoms with E-state index in [1.54, 1.807) is 0 Å². The smallest absolute Gasteiger partial charge is 0.226 e. The Morgan fingerprint density at radius 1 is 1.29 bits per heavy atom. The van der Waals surface area contributed by atoms with Gasteiger partial charge < -0.3 is 10.3 Å². The van der Waals surface area contributed by atoms with Crippen LogP contribution >= 0.6 is 0 Å². The van der Waals surface area contributed by atoms with E-state index < -0.39 is 0 Å². The SMILES string of the molecule is Cc1cc(F)cc(-c2noc(N)c2C(C)C)c1. The standard InChI is InChI=1S/C13H15FN2O/c1-7(2)11-12(16-17-13(11)15)9-4-8(3)5-10(14)6-9/h4-7H,15H2,1-3H3. The van der Waals surface area contributed by atoms with Gasteiger partial charge in [0.25, 0.3) is 0 Å². The number of nitrogens with zero attached hydrogens (tertiary/aromatic N) is 1. The Bertz CT molecular complexity index is 526. The molecule has 0 radical (unpaired) electrons. The third-order valence-electron chi connectivity index (χ3n) is 2.65. The summed E-state index contributed by atoms with van der Waals surface area (Å²) in [5.74, 6) is 0.202. The summed E-state index contributed by atoms with van der Waals surface area (Å²) in [5.41, 5.74) is 8.73. The van der Waals surface area contributed by atoms with E-state index in [2.05, 4.69) is 5.16 Å². The van der Waals surface area contributed by atoms with Crippen molar-refractivity contribution in [3.05, 3.63) is 35.1 Å². The molecule has 1 aromatic carbocycles. The maximum absolute atomic E-state index is 13.4. The number of hydrogen-bond donors (Lipinski definition) is 1. The lowest BCUT2D eigenvalue weighted by Gasteiger charge is -2.06. The monoisotopic (exact) mass is 234 g/mol. The number of benzene rings is 1.